The molecule has 0 bridgehead atoms. The highest BCUT2D eigenvalue weighted by atomic mass is 15.0. The first-order chi connectivity index (χ1) is 8.74. The summed E-state index contributed by atoms with van der Waals surface area (Å²) in [5, 5.41) is 3.56. The monoisotopic (exact) mass is 241 g/mol. The molecule has 1 aromatic carbocycles. The van der Waals surface area contributed by atoms with E-state index >= 15 is 0 Å². The Labute approximate surface area is 108 Å². The molecule has 1 N–H and O–H groups in total. The van der Waals surface area contributed by atoms with Crippen LogP contribution in [0.1, 0.15) is 30.7 Å². The van der Waals surface area contributed by atoms with E-state index in [0.29, 0.717) is 12.0 Å². The molecule has 0 saturated carbocycles. The van der Waals surface area contributed by atoms with Gasteiger partial charge >= 0.3 is 0 Å². The second kappa shape index (κ2) is 4.48. The summed E-state index contributed by atoms with van der Waals surface area (Å²) < 4.78 is 2.12. The fraction of sp³-hybridized carbons (Fsp3) is 0.400. The molecule has 0 spiro atoms. The lowest BCUT2D eigenvalue weighted by molar-refractivity contribution is 0.533. The van der Waals surface area contributed by atoms with E-state index in [1.807, 2.05) is 12.4 Å². The minimum absolute atomic E-state index is 0.533. The van der Waals surface area contributed by atoms with Gasteiger partial charge in [0, 0.05) is 37.6 Å². The van der Waals surface area contributed by atoms with Crippen molar-refractivity contribution in [1.82, 2.24) is 9.55 Å². The number of benzene rings is 1. The molecule has 0 fully saturated rings. The standard InChI is InChI=1S/C15H19N3/c1-11-9-12(10-15-16-7-8-18(15)2)13-5-3-4-6-14(13)17-11/h3-8,11-12,17H,9-10H2,1-2H3. The molecule has 0 amide bonds. The first kappa shape index (κ1) is 11.3. The average Bonchev–Trinajstić information content (AvgIpc) is 2.75. The number of imidazole rings is 1. The molecule has 0 radical (unpaired) electrons. The number of anilines is 1. The second-order valence-corrected chi connectivity index (χ2v) is 5.22. The van der Waals surface area contributed by atoms with Crippen LogP contribution in [-0.4, -0.2) is 15.6 Å². The van der Waals surface area contributed by atoms with E-state index < -0.39 is 0 Å². The lowest BCUT2D eigenvalue weighted by Crippen LogP contribution is -2.26. The maximum atomic E-state index is 4.45. The van der Waals surface area contributed by atoms with Crippen LogP contribution in [0.2, 0.25) is 0 Å². The quantitative estimate of drug-likeness (QED) is 0.876. The van der Waals surface area contributed by atoms with Gasteiger partial charge in [0.1, 0.15) is 5.82 Å². The van der Waals surface area contributed by atoms with Crippen LogP contribution in [0, 0.1) is 0 Å². The van der Waals surface area contributed by atoms with Crippen LogP contribution in [-0.2, 0) is 13.5 Å². The van der Waals surface area contributed by atoms with Gasteiger partial charge in [-0.3, -0.25) is 0 Å². The Kier molecular flexibility index (Phi) is 2.82. The molecule has 1 aromatic heterocycles. The van der Waals surface area contributed by atoms with Crippen molar-refractivity contribution < 1.29 is 0 Å². The Morgan fingerprint density at radius 1 is 1.39 bits per heavy atom. The topological polar surface area (TPSA) is 29.9 Å². The van der Waals surface area contributed by atoms with E-state index in [0.717, 1.165) is 6.42 Å². The molecule has 3 rings (SSSR count). The van der Waals surface area contributed by atoms with Crippen molar-refractivity contribution in [3.8, 4) is 0 Å². The lowest BCUT2D eigenvalue weighted by Gasteiger charge is -2.31. The van der Waals surface area contributed by atoms with E-state index in [2.05, 4.69) is 53.1 Å². The molecule has 2 heterocycles. The van der Waals surface area contributed by atoms with Crippen LogP contribution in [0.3, 0.4) is 0 Å². The number of hydrogen-bond donors (Lipinski definition) is 1. The zero-order chi connectivity index (χ0) is 12.5. The van der Waals surface area contributed by atoms with Gasteiger partial charge in [0.15, 0.2) is 0 Å². The van der Waals surface area contributed by atoms with Crippen molar-refractivity contribution >= 4 is 5.69 Å². The predicted octanol–water partition coefficient (Wildman–Crippen LogP) is 2.95. The summed E-state index contributed by atoms with van der Waals surface area (Å²) in [5.74, 6) is 1.74. The van der Waals surface area contributed by atoms with Gasteiger partial charge in [0.25, 0.3) is 0 Å². The Morgan fingerprint density at radius 2 is 2.22 bits per heavy atom. The number of nitrogens with one attached hydrogen (secondary N) is 1. The van der Waals surface area contributed by atoms with Crippen molar-refractivity contribution in [3.63, 3.8) is 0 Å². The Bertz CT molecular complexity index is 544. The van der Waals surface area contributed by atoms with E-state index in [4.69, 9.17) is 0 Å². The number of fused-ring (bicyclic) bond motifs is 1. The SMILES string of the molecule is CC1CC(Cc2nccn2C)c2ccccc2N1. The van der Waals surface area contributed by atoms with E-state index in [9.17, 15) is 0 Å². The normalized spacial score (nSPS) is 22.3. The molecule has 3 heteroatoms. The predicted molar refractivity (Wildman–Crippen MR) is 73.8 cm³/mol. The number of rotatable bonds is 2. The maximum absolute atomic E-state index is 4.45. The minimum atomic E-state index is 0.533. The first-order valence-electron chi connectivity index (χ1n) is 6.55. The number of nitrogens with zero attached hydrogens (tertiary/aromatic N) is 2. The van der Waals surface area contributed by atoms with Gasteiger partial charge in [-0.05, 0) is 30.9 Å². The van der Waals surface area contributed by atoms with Gasteiger partial charge in [-0.1, -0.05) is 18.2 Å². The largest absolute Gasteiger partial charge is 0.382 e. The van der Waals surface area contributed by atoms with Gasteiger partial charge in [-0.25, -0.2) is 4.98 Å². The molecular formula is C15H19N3. The number of para-hydroxylation sites is 1. The lowest BCUT2D eigenvalue weighted by atomic mass is 9.85. The van der Waals surface area contributed by atoms with E-state index in [1.165, 1.54) is 23.5 Å². The molecule has 3 nitrogen and oxygen atoms in total. The summed E-state index contributed by atoms with van der Waals surface area (Å²) in [7, 11) is 2.07. The summed E-state index contributed by atoms with van der Waals surface area (Å²) in [6.45, 7) is 2.25. The highest BCUT2D eigenvalue weighted by Gasteiger charge is 2.24. The first-order valence-corrected chi connectivity index (χ1v) is 6.55. The van der Waals surface area contributed by atoms with E-state index in [1.54, 1.807) is 0 Å². The van der Waals surface area contributed by atoms with Gasteiger partial charge in [0.05, 0.1) is 0 Å². The van der Waals surface area contributed by atoms with Gasteiger partial charge in [-0.15, -0.1) is 0 Å². The van der Waals surface area contributed by atoms with Gasteiger partial charge in [-0.2, -0.15) is 0 Å². The van der Waals surface area contributed by atoms with Crippen molar-refractivity contribution in [2.45, 2.75) is 31.7 Å². The highest BCUT2D eigenvalue weighted by Crippen LogP contribution is 2.35. The molecule has 2 unspecified atom stereocenters. The van der Waals surface area contributed by atoms with Crippen LogP contribution < -0.4 is 5.32 Å². The second-order valence-electron chi connectivity index (χ2n) is 5.22. The smallest absolute Gasteiger partial charge is 0.108 e. The molecule has 2 atom stereocenters. The molecule has 2 aromatic rings. The molecule has 18 heavy (non-hydrogen) atoms. The summed E-state index contributed by atoms with van der Waals surface area (Å²) in [6, 6.07) is 9.17. The average molecular weight is 241 g/mol. The van der Waals surface area contributed by atoms with Crippen molar-refractivity contribution in [1.29, 1.82) is 0 Å². The zero-order valence-electron chi connectivity index (χ0n) is 10.9. The molecule has 1 aliphatic heterocycles. The Balaban J connectivity index is 1.91. The summed E-state index contributed by atoms with van der Waals surface area (Å²) in [6.07, 6.45) is 6.09. The Morgan fingerprint density at radius 3 is 3.00 bits per heavy atom. The van der Waals surface area contributed by atoms with Crippen LogP contribution in [0.25, 0.3) is 0 Å². The third-order valence-corrected chi connectivity index (χ3v) is 3.79. The number of aromatic nitrogens is 2. The van der Waals surface area contributed by atoms with Gasteiger partial charge < -0.3 is 9.88 Å². The van der Waals surface area contributed by atoms with Crippen molar-refractivity contribution in [2.75, 3.05) is 5.32 Å². The summed E-state index contributed by atoms with van der Waals surface area (Å²) >= 11 is 0. The third kappa shape index (κ3) is 2.01. The minimum Gasteiger partial charge on any atom is -0.382 e. The molecule has 0 aliphatic carbocycles. The summed E-state index contributed by atoms with van der Waals surface area (Å²) in [4.78, 5) is 4.45. The van der Waals surface area contributed by atoms with Crippen LogP contribution in [0.4, 0.5) is 5.69 Å². The zero-order valence-corrected chi connectivity index (χ0v) is 10.9. The fourth-order valence-corrected chi connectivity index (χ4v) is 2.87. The highest BCUT2D eigenvalue weighted by molar-refractivity contribution is 5.55. The third-order valence-electron chi connectivity index (χ3n) is 3.79. The number of hydrogen-bond acceptors (Lipinski definition) is 2. The van der Waals surface area contributed by atoms with Crippen LogP contribution in [0.5, 0.6) is 0 Å². The molecule has 94 valence electrons. The number of aryl methyl sites for hydroxylation is 1. The molecular weight excluding hydrogens is 222 g/mol. The van der Waals surface area contributed by atoms with Crippen LogP contribution >= 0.6 is 0 Å². The molecule has 0 saturated heterocycles. The van der Waals surface area contributed by atoms with Crippen molar-refractivity contribution in [3.05, 3.63) is 48.0 Å². The molecule has 1 aliphatic rings. The summed E-state index contributed by atoms with van der Waals surface area (Å²) in [5.41, 5.74) is 2.72. The maximum Gasteiger partial charge on any atom is 0.108 e. The van der Waals surface area contributed by atoms with Crippen molar-refractivity contribution in [2.24, 2.45) is 7.05 Å². The van der Waals surface area contributed by atoms with E-state index in [-0.39, 0.29) is 0 Å². The van der Waals surface area contributed by atoms with Gasteiger partial charge in [0.2, 0.25) is 0 Å². The Hall–Kier alpha value is -1.77. The fourth-order valence-electron chi connectivity index (χ4n) is 2.87. The van der Waals surface area contributed by atoms with Crippen LogP contribution in [0.15, 0.2) is 36.7 Å².